The van der Waals surface area contributed by atoms with Crippen LogP contribution in [0, 0.1) is 0 Å². The summed E-state index contributed by atoms with van der Waals surface area (Å²) in [6.07, 6.45) is 0. The van der Waals surface area contributed by atoms with Crippen molar-refractivity contribution in [2.75, 3.05) is 5.75 Å². The Morgan fingerprint density at radius 1 is 0.958 bits per heavy atom. The average molecular weight is 345 g/mol. The Morgan fingerprint density at radius 3 is 2.08 bits per heavy atom. The highest BCUT2D eigenvalue weighted by Gasteiger charge is 2.18. The number of rotatable bonds is 6. The Kier molecular flexibility index (Phi) is 5.78. The molecule has 0 aliphatic carbocycles. The summed E-state index contributed by atoms with van der Waals surface area (Å²) >= 11 is 0. The molecule has 0 saturated carbocycles. The molecule has 0 saturated heterocycles. The molecule has 0 aromatic heterocycles. The summed E-state index contributed by atoms with van der Waals surface area (Å²) in [5.41, 5.74) is 1.84. The first-order valence-corrected chi connectivity index (χ1v) is 9.68. The monoisotopic (exact) mass is 345 g/mol. The number of carbonyl (C=O) groups excluding carboxylic acids is 1. The molecule has 0 spiro atoms. The largest absolute Gasteiger partial charge is 0.349 e. The van der Waals surface area contributed by atoms with Crippen molar-refractivity contribution in [3.63, 3.8) is 0 Å². The van der Waals surface area contributed by atoms with Crippen LogP contribution in [0.2, 0.25) is 0 Å². The van der Waals surface area contributed by atoms with Crippen molar-refractivity contribution in [1.29, 1.82) is 0 Å². The molecule has 1 amide bonds. The number of hydrogen-bond acceptors (Lipinski definition) is 3. The molecule has 1 N–H and O–H groups in total. The fraction of sp³-hybridized carbons (Fsp3) is 0.316. The second-order valence-corrected chi connectivity index (χ2v) is 8.11. The van der Waals surface area contributed by atoms with Crippen LogP contribution >= 0.6 is 0 Å². The third-order valence-electron chi connectivity index (χ3n) is 4.17. The van der Waals surface area contributed by atoms with E-state index < -0.39 is 9.84 Å². The van der Waals surface area contributed by atoms with Crippen LogP contribution in [0.25, 0.3) is 0 Å². The minimum absolute atomic E-state index is 0.0565. The first kappa shape index (κ1) is 18.2. The lowest BCUT2D eigenvalue weighted by Gasteiger charge is -2.18. The van der Waals surface area contributed by atoms with Gasteiger partial charge in [-0.25, -0.2) is 8.42 Å². The number of hydrogen-bond donors (Lipinski definition) is 1. The van der Waals surface area contributed by atoms with Crippen LogP contribution in [0.5, 0.6) is 0 Å². The van der Waals surface area contributed by atoms with Gasteiger partial charge in [-0.15, -0.1) is 0 Å². The van der Waals surface area contributed by atoms with Gasteiger partial charge < -0.3 is 5.32 Å². The molecule has 0 fully saturated rings. The van der Waals surface area contributed by atoms with E-state index in [4.69, 9.17) is 0 Å². The van der Waals surface area contributed by atoms with Crippen LogP contribution in [0.4, 0.5) is 0 Å². The highest BCUT2D eigenvalue weighted by molar-refractivity contribution is 7.91. The molecule has 0 aliphatic rings. The summed E-state index contributed by atoms with van der Waals surface area (Å²) in [5, 5.41) is 2.98. The summed E-state index contributed by atoms with van der Waals surface area (Å²) in [6.45, 7) is 5.38. The maximum Gasteiger partial charge on any atom is 0.227 e. The molecule has 24 heavy (non-hydrogen) atoms. The molecule has 0 radical (unpaired) electrons. The van der Waals surface area contributed by atoms with Gasteiger partial charge in [0.25, 0.3) is 0 Å². The van der Waals surface area contributed by atoms with Crippen molar-refractivity contribution < 1.29 is 13.2 Å². The van der Waals surface area contributed by atoms with Crippen LogP contribution in [-0.2, 0) is 14.6 Å². The van der Waals surface area contributed by atoms with E-state index in [1.165, 1.54) is 0 Å². The number of nitrogens with one attached hydrogen (secondary N) is 1. The smallest absolute Gasteiger partial charge is 0.227 e. The van der Waals surface area contributed by atoms with Crippen molar-refractivity contribution in [3.05, 3.63) is 65.7 Å². The first-order chi connectivity index (χ1) is 11.3. The van der Waals surface area contributed by atoms with Crippen LogP contribution in [0.1, 0.15) is 43.9 Å². The molecule has 0 unspecified atom stereocenters. The molecule has 5 heteroatoms. The van der Waals surface area contributed by atoms with E-state index in [0.717, 1.165) is 11.1 Å². The Hall–Kier alpha value is -2.14. The summed E-state index contributed by atoms with van der Waals surface area (Å²) in [7, 11) is -3.20. The molecule has 2 rings (SSSR count). The molecular weight excluding hydrogens is 322 g/mol. The molecule has 0 bridgehead atoms. The van der Waals surface area contributed by atoms with Gasteiger partial charge >= 0.3 is 0 Å². The van der Waals surface area contributed by atoms with Crippen molar-refractivity contribution in [3.8, 4) is 0 Å². The van der Waals surface area contributed by atoms with E-state index in [0.29, 0.717) is 4.90 Å². The fourth-order valence-corrected chi connectivity index (χ4v) is 3.33. The maximum absolute atomic E-state index is 12.4. The van der Waals surface area contributed by atoms with Crippen LogP contribution in [-0.4, -0.2) is 20.1 Å². The number of sulfone groups is 1. The average Bonchev–Trinajstić information content (AvgIpc) is 2.61. The van der Waals surface area contributed by atoms with Gasteiger partial charge in [0.05, 0.1) is 22.6 Å². The predicted octanol–water partition coefficient (Wildman–Crippen LogP) is 3.46. The van der Waals surface area contributed by atoms with Crippen molar-refractivity contribution in [1.82, 2.24) is 5.32 Å². The standard InChI is InChI=1S/C19H23NO3S/c1-4-24(22,23)18-12-10-17(11-13-18)15(3)20-19(21)14(2)16-8-6-5-7-9-16/h5-15H,4H2,1-3H3,(H,20,21)/t14-,15+/m0/s1. The van der Waals surface area contributed by atoms with Crippen molar-refractivity contribution in [2.24, 2.45) is 0 Å². The van der Waals surface area contributed by atoms with E-state index in [2.05, 4.69) is 5.32 Å². The molecule has 128 valence electrons. The number of amides is 1. The molecule has 4 nitrogen and oxygen atoms in total. The lowest BCUT2D eigenvalue weighted by Crippen LogP contribution is -2.30. The Balaban J connectivity index is 2.07. The van der Waals surface area contributed by atoms with Crippen molar-refractivity contribution in [2.45, 2.75) is 37.6 Å². The Morgan fingerprint density at radius 2 is 1.54 bits per heavy atom. The minimum Gasteiger partial charge on any atom is -0.349 e. The Labute approximate surface area is 143 Å². The zero-order valence-electron chi connectivity index (χ0n) is 14.2. The van der Waals surface area contributed by atoms with Crippen LogP contribution in [0.3, 0.4) is 0 Å². The van der Waals surface area contributed by atoms with E-state index >= 15 is 0 Å². The van der Waals surface area contributed by atoms with Gasteiger partial charge in [0, 0.05) is 0 Å². The first-order valence-electron chi connectivity index (χ1n) is 8.03. The minimum atomic E-state index is -3.20. The van der Waals surface area contributed by atoms with E-state index in [1.54, 1.807) is 31.2 Å². The summed E-state index contributed by atoms with van der Waals surface area (Å²) in [4.78, 5) is 12.7. The molecule has 2 aromatic carbocycles. The van der Waals surface area contributed by atoms with Gasteiger partial charge in [0.2, 0.25) is 5.91 Å². The lowest BCUT2D eigenvalue weighted by molar-refractivity contribution is -0.122. The van der Waals surface area contributed by atoms with Gasteiger partial charge in [0.1, 0.15) is 0 Å². The topological polar surface area (TPSA) is 63.2 Å². The normalized spacial score (nSPS) is 14.0. The Bertz CT molecular complexity index is 783. The second kappa shape index (κ2) is 7.62. The quantitative estimate of drug-likeness (QED) is 0.872. The lowest BCUT2D eigenvalue weighted by atomic mass is 9.99. The van der Waals surface area contributed by atoms with Crippen molar-refractivity contribution >= 4 is 15.7 Å². The third kappa shape index (κ3) is 4.23. The van der Waals surface area contributed by atoms with Gasteiger partial charge in [-0.05, 0) is 37.1 Å². The van der Waals surface area contributed by atoms with Gasteiger partial charge in [-0.1, -0.05) is 49.4 Å². The van der Waals surface area contributed by atoms with E-state index in [1.807, 2.05) is 44.2 Å². The summed E-state index contributed by atoms with van der Waals surface area (Å²) in [5.74, 6) is -0.222. The zero-order valence-corrected chi connectivity index (χ0v) is 15.0. The zero-order chi connectivity index (χ0) is 17.7. The fourth-order valence-electron chi connectivity index (χ4n) is 2.45. The molecular formula is C19H23NO3S. The van der Waals surface area contributed by atoms with Crippen LogP contribution in [0.15, 0.2) is 59.5 Å². The molecule has 0 aliphatic heterocycles. The second-order valence-electron chi connectivity index (χ2n) is 5.84. The number of benzene rings is 2. The van der Waals surface area contributed by atoms with E-state index in [-0.39, 0.29) is 23.6 Å². The highest BCUT2D eigenvalue weighted by Crippen LogP contribution is 2.20. The summed E-state index contributed by atoms with van der Waals surface area (Å²) < 4.78 is 23.7. The maximum atomic E-state index is 12.4. The predicted molar refractivity (Wildman–Crippen MR) is 95.6 cm³/mol. The molecule has 0 heterocycles. The third-order valence-corrected chi connectivity index (χ3v) is 5.92. The SMILES string of the molecule is CCS(=O)(=O)c1ccc([C@@H](C)NC(=O)[C@@H](C)c2ccccc2)cc1. The van der Waals surface area contributed by atoms with Gasteiger partial charge in [-0.2, -0.15) is 0 Å². The summed E-state index contributed by atoms with van der Waals surface area (Å²) in [6, 6.07) is 16.1. The van der Waals surface area contributed by atoms with E-state index in [9.17, 15) is 13.2 Å². The van der Waals surface area contributed by atoms with Gasteiger partial charge in [-0.3, -0.25) is 4.79 Å². The van der Waals surface area contributed by atoms with Gasteiger partial charge in [0.15, 0.2) is 9.84 Å². The highest BCUT2D eigenvalue weighted by atomic mass is 32.2. The molecule has 2 aromatic rings. The van der Waals surface area contributed by atoms with Crippen LogP contribution < -0.4 is 5.32 Å². The molecule has 2 atom stereocenters. The number of carbonyl (C=O) groups is 1.